The van der Waals surface area contributed by atoms with E-state index in [0.29, 0.717) is 30.0 Å². The van der Waals surface area contributed by atoms with Gasteiger partial charge in [0.1, 0.15) is 0 Å². The van der Waals surface area contributed by atoms with E-state index in [0.717, 1.165) is 5.56 Å². The molecule has 0 spiro atoms. The van der Waals surface area contributed by atoms with Crippen molar-refractivity contribution < 1.29 is 9.21 Å². The lowest BCUT2D eigenvalue weighted by atomic mass is 10.1. The average Bonchev–Trinajstić information content (AvgIpc) is 2.96. The van der Waals surface area contributed by atoms with E-state index in [2.05, 4.69) is 10.2 Å². The maximum Gasteiger partial charge on any atom is 0.277 e. The summed E-state index contributed by atoms with van der Waals surface area (Å²) in [5, 5.41) is 8.41. The van der Waals surface area contributed by atoms with Crippen molar-refractivity contribution in [1.82, 2.24) is 15.1 Å². The Bertz CT molecular complexity index is 591. The van der Waals surface area contributed by atoms with Gasteiger partial charge >= 0.3 is 0 Å². The van der Waals surface area contributed by atoms with Crippen LogP contribution in [0.25, 0.3) is 11.5 Å². The quantitative estimate of drug-likeness (QED) is 0.768. The van der Waals surface area contributed by atoms with Crippen LogP contribution in [0.4, 0.5) is 0 Å². The Balaban J connectivity index is 1.97. The minimum absolute atomic E-state index is 0.0834. The summed E-state index contributed by atoms with van der Waals surface area (Å²) >= 11 is 1.27. The summed E-state index contributed by atoms with van der Waals surface area (Å²) in [4.78, 5) is 13.7. The molecule has 2 rings (SSSR count). The molecule has 0 atom stereocenters. The van der Waals surface area contributed by atoms with Gasteiger partial charge < -0.3 is 9.32 Å². The maximum atomic E-state index is 11.9. The van der Waals surface area contributed by atoms with E-state index in [1.54, 1.807) is 4.90 Å². The number of thioether (sulfide) groups is 1. The molecule has 6 heteroatoms. The predicted molar refractivity (Wildman–Crippen MR) is 83.1 cm³/mol. The summed E-state index contributed by atoms with van der Waals surface area (Å²) in [6, 6.07) is 7.88. The number of nitrogens with zero attached hydrogens (tertiary/aromatic N) is 3. The first-order valence-electron chi connectivity index (χ1n) is 6.95. The fourth-order valence-corrected chi connectivity index (χ4v) is 2.54. The highest BCUT2D eigenvalue weighted by atomic mass is 32.2. The van der Waals surface area contributed by atoms with E-state index in [-0.39, 0.29) is 5.91 Å². The summed E-state index contributed by atoms with van der Waals surface area (Å²) in [6.45, 7) is 7.39. The van der Waals surface area contributed by atoms with Crippen molar-refractivity contribution in [3.05, 3.63) is 29.8 Å². The second-order valence-electron chi connectivity index (χ2n) is 4.59. The summed E-state index contributed by atoms with van der Waals surface area (Å²) in [5.41, 5.74) is 2.06. The monoisotopic (exact) mass is 305 g/mol. The minimum Gasteiger partial charge on any atom is -0.411 e. The van der Waals surface area contributed by atoms with E-state index < -0.39 is 0 Å². The molecular weight excluding hydrogens is 286 g/mol. The number of aromatic nitrogens is 2. The highest BCUT2D eigenvalue weighted by Crippen LogP contribution is 2.23. The van der Waals surface area contributed by atoms with Gasteiger partial charge in [-0.3, -0.25) is 4.79 Å². The minimum atomic E-state index is 0.0834. The smallest absolute Gasteiger partial charge is 0.277 e. The molecule has 1 aromatic carbocycles. The Labute approximate surface area is 128 Å². The Morgan fingerprint density at radius 2 is 1.86 bits per heavy atom. The zero-order chi connectivity index (χ0) is 15.2. The molecule has 0 aliphatic heterocycles. The lowest BCUT2D eigenvalue weighted by Gasteiger charge is -2.17. The number of rotatable bonds is 6. The number of hydrogen-bond donors (Lipinski definition) is 0. The Morgan fingerprint density at radius 1 is 1.19 bits per heavy atom. The molecule has 1 heterocycles. The van der Waals surface area contributed by atoms with Gasteiger partial charge in [0, 0.05) is 18.7 Å². The van der Waals surface area contributed by atoms with Gasteiger partial charge in [0.15, 0.2) is 0 Å². The van der Waals surface area contributed by atoms with Crippen LogP contribution in [0.2, 0.25) is 0 Å². The van der Waals surface area contributed by atoms with E-state index >= 15 is 0 Å². The molecule has 0 saturated heterocycles. The number of benzene rings is 1. The third kappa shape index (κ3) is 4.07. The van der Waals surface area contributed by atoms with Crippen LogP contribution in [0.15, 0.2) is 33.9 Å². The standard InChI is InChI=1S/C15H19N3O2S/c1-4-18(5-2)13(19)10-21-15-17-16-14(20-15)12-8-6-11(3)7-9-12/h6-9H,4-5,10H2,1-3H3. The van der Waals surface area contributed by atoms with Crippen molar-refractivity contribution in [3.8, 4) is 11.5 Å². The molecule has 0 aliphatic rings. The number of carbonyl (C=O) groups excluding carboxylic acids is 1. The molecule has 1 aromatic heterocycles. The maximum absolute atomic E-state index is 11.9. The molecule has 5 nitrogen and oxygen atoms in total. The molecule has 0 unspecified atom stereocenters. The van der Waals surface area contributed by atoms with E-state index in [1.165, 1.54) is 17.3 Å². The van der Waals surface area contributed by atoms with Crippen LogP contribution in [0.1, 0.15) is 19.4 Å². The number of hydrogen-bond acceptors (Lipinski definition) is 5. The molecular formula is C15H19N3O2S. The topological polar surface area (TPSA) is 59.2 Å². The highest BCUT2D eigenvalue weighted by molar-refractivity contribution is 7.99. The van der Waals surface area contributed by atoms with Crippen LogP contribution in [0.3, 0.4) is 0 Å². The fourth-order valence-electron chi connectivity index (χ4n) is 1.87. The lowest BCUT2D eigenvalue weighted by molar-refractivity contribution is -0.127. The molecule has 112 valence electrons. The van der Waals surface area contributed by atoms with Crippen molar-refractivity contribution in [1.29, 1.82) is 0 Å². The highest BCUT2D eigenvalue weighted by Gasteiger charge is 2.14. The third-order valence-corrected chi connectivity index (χ3v) is 3.94. The summed E-state index contributed by atoms with van der Waals surface area (Å²) in [6.07, 6.45) is 0. The van der Waals surface area contributed by atoms with Crippen LogP contribution in [0.5, 0.6) is 0 Å². The van der Waals surface area contributed by atoms with Crippen LogP contribution in [0, 0.1) is 6.92 Å². The Morgan fingerprint density at radius 3 is 2.48 bits per heavy atom. The van der Waals surface area contributed by atoms with Gasteiger partial charge in [-0.2, -0.15) is 0 Å². The second-order valence-corrected chi connectivity index (χ2v) is 5.52. The zero-order valence-corrected chi connectivity index (χ0v) is 13.3. The van der Waals surface area contributed by atoms with Crippen LogP contribution in [-0.2, 0) is 4.79 Å². The van der Waals surface area contributed by atoms with Gasteiger partial charge in [-0.05, 0) is 32.9 Å². The third-order valence-electron chi connectivity index (χ3n) is 3.14. The molecule has 0 aliphatic carbocycles. The molecule has 0 saturated carbocycles. The lowest BCUT2D eigenvalue weighted by Crippen LogP contribution is -2.31. The Hall–Kier alpha value is -1.82. The van der Waals surface area contributed by atoms with Gasteiger partial charge in [-0.15, -0.1) is 10.2 Å². The number of aryl methyl sites for hydroxylation is 1. The first-order valence-corrected chi connectivity index (χ1v) is 7.93. The van der Waals surface area contributed by atoms with Crippen molar-refractivity contribution >= 4 is 17.7 Å². The first kappa shape index (κ1) is 15.6. The molecule has 0 N–H and O–H groups in total. The van der Waals surface area contributed by atoms with Gasteiger partial charge in [0.05, 0.1) is 5.75 Å². The van der Waals surface area contributed by atoms with E-state index in [1.807, 2.05) is 45.0 Å². The predicted octanol–water partition coefficient (Wildman–Crippen LogP) is 3.01. The normalized spacial score (nSPS) is 10.6. The van der Waals surface area contributed by atoms with Gasteiger partial charge in [0.2, 0.25) is 11.8 Å². The van der Waals surface area contributed by atoms with Gasteiger partial charge in [0.25, 0.3) is 5.22 Å². The van der Waals surface area contributed by atoms with Gasteiger partial charge in [-0.25, -0.2) is 0 Å². The van der Waals surface area contributed by atoms with Gasteiger partial charge in [-0.1, -0.05) is 29.5 Å². The molecule has 0 radical (unpaired) electrons. The second kappa shape index (κ2) is 7.26. The van der Waals surface area contributed by atoms with Crippen molar-refractivity contribution in [2.45, 2.75) is 26.0 Å². The van der Waals surface area contributed by atoms with Crippen molar-refractivity contribution in [2.24, 2.45) is 0 Å². The fraction of sp³-hybridized carbons (Fsp3) is 0.400. The Kier molecular flexibility index (Phi) is 5.38. The van der Waals surface area contributed by atoms with Crippen LogP contribution in [-0.4, -0.2) is 39.8 Å². The molecule has 0 fully saturated rings. The molecule has 21 heavy (non-hydrogen) atoms. The molecule has 0 bridgehead atoms. The summed E-state index contributed by atoms with van der Waals surface area (Å²) in [5.74, 6) is 0.880. The molecule has 1 amide bonds. The van der Waals surface area contributed by atoms with Crippen LogP contribution >= 0.6 is 11.8 Å². The number of carbonyl (C=O) groups is 1. The summed E-state index contributed by atoms with van der Waals surface area (Å²) in [7, 11) is 0. The zero-order valence-electron chi connectivity index (χ0n) is 12.5. The van der Waals surface area contributed by atoms with Crippen molar-refractivity contribution in [3.63, 3.8) is 0 Å². The molecule has 2 aromatic rings. The van der Waals surface area contributed by atoms with Crippen LogP contribution < -0.4 is 0 Å². The SMILES string of the molecule is CCN(CC)C(=O)CSc1nnc(-c2ccc(C)cc2)o1. The van der Waals surface area contributed by atoms with E-state index in [9.17, 15) is 4.79 Å². The first-order chi connectivity index (χ1) is 10.1. The summed E-state index contributed by atoms with van der Waals surface area (Å²) < 4.78 is 5.58. The van der Waals surface area contributed by atoms with E-state index in [4.69, 9.17) is 4.42 Å². The largest absolute Gasteiger partial charge is 0.411 e. The number of amides is 1. The average molecular weight is 305 g/mol. The van der Waals surface area contributed by atoms with Crippen molar-refractivity contribution in [2.75, 3.05) is 18.8 Å².